The fourth-order valence-corrected chi connectivity index (χ4v) is 6.41. The monoisotopic (exact) mass is 533 g/mol. The summed E-state index contributed by atoms with van der Waals surface area (Å²) in [6, 6.07) is 9.21. The smallest absolute Gasteiger partial charge is 0.286 e. The molecule has 4 aromatic rings. The Balaban J connectivity index is 1.11. The van der Waals surface area contributed by atoms with E-state index in [1.54, 1.807) is 12.3 Å². The molecule has 7 rings (SSSR count). The number of halogens is 1. The van der Waals surface area contributed by atoms with E-state index in [2.05, 4.69) is 41.7 Å². The van der Waals surface area contributed by atoms with Crippen molar-refractivity contribution in [2.24, 2.45) is 10.3 Å². The molecular weight excluding hydrogens is 510 g/mol. The molecule has 1 aromatic carbocycles. The molecule has 0 bridgehead atoms. The first-order valence-corrected chi connectivity index (χ1v) is 14.1. The highest BCUT2D eigenvalue weighted by Crippen LogP contribution is 2.49. The molecule has 37 heavy (non-hydrogen) atoms. The lowest BCUT2D eigenvalue weighted by molar-refractivity contribution is 0.597. The van der Waals surface area contributed by atoms with Gasteiger partial charge in [-0.15, -0.1) is 4.40 Å². The molecule has 2 saturated carbocycles. The number of rotatable bonds is 6. The number of fused-ring (bicyclic) bond motifs is 2. The van der Waals surface area contributed by atoms with Gasteiger partial charge < -0.3 is 15.0 Å². The number of imidazole rings is 1. The van der Waals surface area contributed by atoms with Crippen molar-refractivity contribution in [2.75, 3.05) is 10.6 Å². The molecule has 9 nitrogen and oxygen atoms in total. The van der Waals surface area contributed by atoms with Crippen LogP contribution in [-0.4, -0.2) is 33.6 Å². The van der Waals surface area contributed by atoms with Crippen molar-refractivity contribution in [2.45, 2.75) is 49.5 Å². The third-order valence-electron chi connectivity index (χ3n) is 7.15. The molecule has 2 N–H and O–H groups in total. The SMILES string of the molecule is Cc1ccnc([C@H]2C[C@@H]2C2=NS(=O)(=O)c3cc(Cl)c(NCc4cn5cc(C6CC6)ccc5n4)cc3N2)n1. The third kappa shape index (κ3) is 4.23. The Morgan fingerprint density at radius 3 is 2.81 bits per heavy atom. The second-order valence-electron chi connectivity index (χ2n) is 10.00. The predicted octanol–water partition coefficient (Wildman–Crippen LogP) is 4.89. The minimum absolute atomic E-state index is 0.0447. The normalized spacial score (nSPS) is 21.7. The lowest BCUT2D eigenvalue weighted by Crippen LogP contribution is -2.24. The Morgan fingerprint density at radius 1 is 1.14 bits per heavy atom. The molecule has 0 radical (unpaired) electrons. The van der Waals surface area contributed by atoms with Crippen molar-refractivity contribution in [3.63, 3.8) is 0 Å². The first-order valence-electron chi connectivity index (χ1n) is 12.3. The van der Waals surface area contributed by atoms with Crippen LogP contribution in [0.25, 0.3) is 5.65 Å². The van der Waals surface area contributed by atoms with Gasteiger partial charge in [0.2, 0.25) is 0 Å². The number of amidine groups is 1. The Morgan fingerprint density at radius 2 is 2.00 bits per heavy atom. The van der Waals surface area contributed by atoms with Crippen molar-refractivity contribution in [1.29, 1.82) is 0 Å². The average Bonchev–Trinajstić information content (AvgIpc) is 3.79. The van der Waals surface area contributed by atoms with Crippen LogP contribution in [0.2, 0.25) is 5.02 Å². The number of benzene rings is 1. The fourth-order valence-electron chi connectivity index (χ4n) is 4.92. The molecule has 0 amide bonds. The van der Waals surface area contributed by atoms with E-state index in [0.29, 0.717) is 40.5 Å². The second kappa shape index (κ2) is 8.26. The summed E-state index contributed by atoms with van der Waals surface area (Å²) in [5, 5.41) is 6.86. The highest BCUT2D eigenvalue weighted by atomic mass is 35.5. The quantitative estimate of drug-likeness (QED) is 0.362. The van der Waals surface area contributed by atoms with Crippen LogP contribution in [0.15, 0.2) is 58.2 Å². The Hall–Kier alpha value is -3.50. The van der Waals surface area contributed by atoms with Crippen LogP contribution in [0.1, 0.15) is 53.9 Å². The summed E-state index contributed by atoms with van der Waals surface area (Å²) in [5.41, 5.74) is 5.06. The standard InChI is InChI=1S/C26H24ClN7O2S/c1-14-6-7-28-25(30-14)18-8-19(18)26-32-22-10-21(20(27)9-23(22)37(35,36)33-26)29-11-17-13-34-12-16(15-2-3-15)4-5-24(34)31-17/h4-7,9-10,12-13,15,18-19,29H,2-3,8,11H2,1H3,(H,32,33)/t18-,19-/m0/s1. The van der Waals surface area contributed by atoms with Gasteiger partial charge in [-0.3, -0.25) is 0 Å². The van der Waals surface area contributed by atoms with Gasteiger partial charge in [0.25, 0.3) is 10.0 Å². The van der Waals surface area contributed by atoms with E-state index < -0.39 is 10.0 Å². The van der Waals surface area contributed by atoms with E-state index >= 15 is 0 Å². The Labute approximate surface area is 219 Å². The Bertz CT molecular complexity index is 1710. The number of sulfonamides is 1. The number of pyridine rings is 1. The molecule has 188 valence electrons. The lowest BCUT2D eigenvalue weighted by atomic mass is 10.2. The van der Waals surface area contributed by atoms with Crippen molar-refractivity contribution < 1.29 is 8.42 Å². The minimum atomic E-state index is -3.88. The molecule has 3 aromatic heterocycles. The van der Waals surface area contributed by atoms with Gasteiger partial charge in [-0.25, -0.2) is 15.0 Å². The van der Waals surface area contributed by atoms with Crippen LogP contribution in [0.5, 0.6) is 0 Å². The average molecular weight is 534 g/mol. The van der Waals surface area contributed by atoms with Crippen LogP contribution in [0.3, 0.4) is 0 Å². The molecule has 4 heterocycles. The van der Waals surface area contributed by atoms with E-state index in [1.165, 1.54) is 24.5 Å². The zero-order chi connectivity index (χ0) is 25.3. The molecule has 0 spiro atoms. The van der Waals surface area contributed by atoms with Gasteiger partial charge in [-0.1, -0.05) is 17.7 Å². The summed E-state index contributed by atoms with van der Waals surface area (Å²) in [7, 11) is -3.88. The number of hydrogen-bond acceptors (Lipinski definition) is 7. The topological polar surface area (TPSA) is 114 Å². The van der Waals surface area contributed by atoms with Crippen LogP contribution >= 0.6 is 11.6 Å². The van der Waals surface area contributed by atoms with Gasteiger partial charge in [0.1, 0.15) is 22.2 Å². The summed E-state index contributed by atoms with van der Waals surface area (Å²) in [5.74, 6) is 1.78. The highest BCUT2D eigenvalue weighted by Gasteiger charge is 2.46. The second-order valence-corrected chi connectivity index (χ2v) is 12.0. The van der Waals surface area contributed by atoms with E-state index in [0.717, 1.165) is 23.5 Å². The first-order chi connectivity index (χ1) is 17.8. The van der Waals surface area contributed by atoms with Crippen LogP contribution in [-0.2, 0) is 16.6 Å². The van der Waals surface area contributed by atoms with Gasteiger partial charge >= 0.3 is 0 Å². The highest BCUT2D eigenvalue weighted by molar-refractivity contribution is 7.90. The summed E-state index contributed by atoms with van der Waals surface area (Å²) >= 11 is 6.48. The number of aromatic nitrogens is 4. The molecule has 1 aliphatic heterocycles. The number of nitrogens with one attached hydrogen (secondary N) is 2. The number of nitrogens with zero attached hydrogens (tertiary/aromatic N) is 5. The molecular formula is C26H24ClN7O2S. The summed E-state index contributed by atoms with van der Waals surface area (Å²) in [6.07, 6.45) is 9.14. The van der Waals surface area contributed by atoms with Crippen molar-refractivity contribution >= 4 is 44.5 Å². The summed E-state index contributed by atoms with van der Waals surface area (Å²) in [6.45, 7) is 2.36. The predicted molar refractivity (Wildman–Crippen MR) is 142 cm³/mol. The number of anilines is 2. The summed E-state index contributed by atoms with van der Waals surface area (Å²) < 4.78 is 32.1. The molecule has 11 heteroatoms. The Kier molecular flexibility index (Phi) is 5.06. The van der Waals surface area contributed by atoms with Crippen molar-refractivity contribution in [1.82, 2.24) is 19.4 Å². The van der Waals surface area contributed by atoms with E-state index in [9.17, 15) is 8.42 Å². The zero-order valence-corrected chi connectivity index (χ0v) is 21.6. The molecule has 2 fully saturated rings. The van der Waals surface area contributed by atoms with Gasteiger partial charge in [-0.05, 0) is 61.9 Å². The maximum absolute atomic E-state index is 13.0. The molecule has 3 aliphatic rings. The largest absolute Gasteiger partial charge is 0.378 e. The molecule has 2 aliphatic carbocycles. The van der Waals surface area contributed by atoms with Crippen LogP contribution in [0.4, 0.5) is 11.4 Å². The minimum Gasteiger partial charge on any atom is -0.378 e. The van der Waals surface area contributed by atoms with E-state index in [1.807, 2.05) is 25.3 Å². The first kappa shape index (κ1) is 22.7. The number of aryl methyl sites for hydroxylation is 1. The molecule has 2 atom stereocenters. The van der Waals surface area contributed by atoms with Gasteiger partial charge in [0.15, 0.2) is 0 Å². The van der Waals surface area contributed by atoms with Gasteiger partial charge in [-0.2, -0.15) is 8.42 Å². The lowest BCUT2D eigenvalue weighted by Gasteiger charge is -2.20. The van der Waals surface area contributed by atoms with E-state index in [-0.39, 0.29) is 16.7 Å². The van der Waals surface area contributed by atoms with E-state index in [4.69, 9.17) is 16.6 Å². The zero-order valence-electron chi connectivity index (χ0n) is 20.0. The van der Waals surface area contributed by atoms with Gasteiger partial charge in [0.05, 0.1) is 28.6 Å². The third-order valence-corrected chi connectivity index (χ3v) is 8.79. The maximum Gasteiger partial charge on any atom is 0.286 e. The molecule has 0 unspecified atom stereocenters. The van der Waals surface area contributed by atoms with Crippen LogP contribution in [0, 0.1) is 12.8 Å². The van der Waals surface area contributed by atoms with Crippen molar-refractivity contribution in [3.8, 4) is 0 Å². The van der Waals surface area contributed by atoms with Crippen molar-refractivity contribution in [3.05, 3.63) is 76.7 Å². The molecule has 0 saturated heterocycles. The van der Waals surface area contributed by atoms with Crippen LogP contribution < -0.4 is 10.6 Å². The summed E-state index contributed by atoms with van der Waals surface area (Å²) in [4.78, 5) is 13.6. The number of hydrogen-bond donors (Lipinski definition) is 2. The fraction of sp³-hybridized carbons (Fsp3) is 0.308. The van der Waals surface area contributed by atoms with Gasteiger partial charge in [0, 0.05) is 36.1 Å². The maximum atomic E-state index is 13.0.